The van der Waals surface area contributed by atoms with Gasteiger partial charge in [-0.15, -0.1) is 0 Å². The smallest absolute Gasteiger partial charge is 0.320 e. The summed E-state index contributed by atoms with van der Waals surface area (Å²) in [7, 11) is 0. The zero-order valence-corrected chi connectivity index (χ0v) is 14.3. The molecule has 0 radical (unpaired) electrons. The molecule has 6 nitrogen and oxygen atoms in total. The van der Waals surface area contributed by atoms with E-state index in [0.29, 0.717) is 10.6 Å². The van der Waals surface area contributed by atoms with E-state index in [9.17, 15) is 18.7 Å². The van der Waals surface area contributed by atoms with Crippen LogP contribution in [-0.2, 0) is 0 Å². The van der Waals surface area contributed by atoms with E-state index in [1.54, 1.807) is 6.92 Å². The number of carbonyl (C=O) groups excluding carboxylic acids is 1. The lowest BCUT2D eigenvalue weighted by Crippen LogP contribution is -2.11. The van der Waals surface area contributed by atoms with Crippen molar-refractivity contribution in [1.82, 2.24) is 14.5 Å². The maximum absolute atomic E-state index is 13.0. The molecule has 0 aliphatic carbocycles. The van der Waals surface area contributed by atoms with Gasteiger partial charge in [0.05, 0.1) is 16.1 Å². The van der Waals surface area contributed by atoms with Crippen molar-refractivity contribution in [3.05, 3.63) is 46.9 Å². The number of phenolic OH excluding ortho intramolecular Hbond substituents is 1. The number of nitrogens with zero attached hydrogens (tertiary/aromatic N) is 3. The zero-order valence-electron chi connectivity index (χ0n) is 12.7. The van der Waals surface area contributed by atoms with Gasteiger partial charge in [-0.1, -0.05) is 22.9 Å². The molecule has 2 aromatic heterocycles. The van der Waals surface area contributed by atoms with Gasteiger partial charge in [-0.05, 0) is 25.1 Å². The third kappa shape index (κ3) is 3.47. The number of nitrogens with one attached hydrogen (secondary N) is 1. The molecule has 1 amide bonds. The molecule has 0 aliphatic heterocycles. The Labute approximate surface area is 149 Å². The Balaban J connectivity index is 1.89. The molecule has 0 atom stereocenters. The molecule has 2 N–H and O–H groups in total. The van der Waals surface area contributed by atoms with Crippen LogP contribution in [0.2, 0.25) is 5.02 Å². The summed E-state index contributed by atoms with van der Waals surface area (Å²) >= 11 is 6.83. The average Bonchev–Trinajstić information content (AvgIpc) is 3.16. The maximum atomic E-state index is 13.0. The monoisotopic (exact) mass is 384 g/mol. The normalized spacial score (nSPS) is 11.1. The molecule has 0 unspecified atom stereocenters. The van der Waals surface area contributed by atoms with Gasteiger partial charge in [-0.3, -0.25) is 14.7 Å². The topological polar surface area (TPSA) is 80.0 Å². The molecular formula is C15H11ClF2N4O2S. The van der Waals surface area contributed by atoms with Crippen LogP contribution in [0.15, 0.2) is 30.6 Å². The number of aromatic hydroxyl groups is 1. The Bertz CT molecular complexity index is 942. The first-order valence-electron chi connectivity index (χ1n) is 6.95. The SMILES string of the molecule is Cc1nc(NC(=O)c2cc(Cl)ccc2O)sc1-c1nccn1C(F)F. The molecular weight excluding hydrogens is 374 g/mol. The third-order valence-electron chi connectivity index (χ3n) is 3.30. The van der Waals surface area contributed by atoms with Gasteiger partial charge in [-0.2, -0.15) is 8.78 Å². The number of carbonyl (C=O) groups is 1. The fourth-order valence-electron chi connectivity index (χ4n) is 2.16. The van der Waals surface area contributed by atoms with Crippen LogP contribution >= 0.6 is 22.9 Å². The Hall–Kier alpha value is -2.52. The summed E-state index contributed by atoms with van der Waals surface area (Å²) in [5.74, 6) is -0.780. The fourth-order valence-corrected chi connectivity index (χ4v) is 3.29. The predicted molar refractivity (Wildman–Crippen MR) is 90.4 cm³/mol. The summed E-state index contributed by atoms with van der Waals surface area (Å²) in [6.45, 7) is -1.11. The molecule has 130 valence electrons. The van der Waals surface area contributed by atoms with E-state index in [-0.39, 0.29) is 27.3 Å². The molecule has 0 saturated carbocycles. The van der Waals surface area contributed by atoms with Crippen LogP contribution in [0.25, 0.3) is 10.7 Å². The largest absolute Gasteiger partial charge is 0.507 e. The van der Waals surface area contributed by atoms with Crippen LogP contribution in [0.3, 0.4) is 0 Å². The first-order chi connectivity index (χ1) is 11.9. The van der Waals surface area contributed by atoms with Gasteiger partial charge in [-0.25, -0.2) is 9.97 Å². The van der Waals surface area contributed by atoms with Crippen molar-refractivity contribution in [3.63, 3.8) is 0 Å². The number of anilines is 1. The number of benzene rings is 1. The number of amides is 1. The Morgan fingerprint density at radius 2 is 2.20 bits per heavy atom. The van der Waals surface area contributed by atoms with E-state index in [4.69, 9.17) is 11.6 Å². The summed E-state index contributed by atoms with van der Waals surface area (Å²) in [6.07, 6.45) is 2.43. The number of hydrogen-bond donors (Lipinski definition) is 2. The van der Waals surface area contributed by atoms with Crippen molar-refractivity contribution in [2.75, 3.05) is 5.32 Å². The van der Waals surface area contributed by atoms with E-state index in [2.05, 4.69) is 15.3 Å². The van der Waals surface area contributed by atoms with Crippen molar-refractivity contribution >= 4 is 34.0 Å². The van der Waals surface area contributed by atoms with Crippen molar-refractivity contribution in [2.45, 2.75) is 13.5 Å². The van der Waals surface area contributed by atoms with Crippen molar-refractivity contribution < 1.29 is 18.7 Å². The van der Waals surface area contributed by atoms with Crippen LogP contribution in [0.5, 0.6) is 5.75 Å². The highest BCUT2D eigenvalue weighted by Crippen LogP contribution is 2.34. The first-order valence-corrected chi connectivity index (χ1v) is 8.15. The lowest BCUT2D eigenvalue weighted by Gasteiger charge is -2.05. The van der Waals surface area contributed by atoms with Crippen LogP contribution in [0.1, 0.15) is 22.6 Å². The second kappa shape index (κ2) is 6.77. The standard InChI is InChI=1S/C15H11ClF2N4O2S/c1-7-11(12-19-4-5-22(12)14(17)18)25-15(20-7)21-13(24)9-6-8(16)2-3-10(9)23/h2-6,14,23H,1H3,(H,20,21,24). The summed E-state index contributed by atoms with van der Waals surface area (Å²) in [5.41, 5.74) is 0.430. The second-order valence-corrected chi connectivity index (χ2v) is 6.42. The van der Waals surface area contributed by atoms with Crippen LogP contribution in [0, 0.1) is 6.92 Å². The third-order valence-corrected chi connectivity index (χ3v) is 4.61. The zero-order chi connectivity index (χ0) is 18.1. The molecule has 2 heterocycles. The molecule has 0 aliphatic rings. The lowest BCUT2D eigenvalue weighted by atomic mass is 10.2. The van der Waals surface area contributed by atoms with Crippen LogP contribution in [0.4, 0.5) is 13.9 Å². The maximum Gasteiger partial charge on any atom is 0.320 e. The number of alkyl halides is 2. The molecule has 10 heteroatoms. The highest BCUT2D eigenvalue weighted by atomic mass is 35.5. The minimum absolute atomic E-state index is 0.0176. The molecule has 0 saturated heterocycles. The van der Waals surface area contributed by atoms with Gasteiger partial charge < -0.3 is 5.11 Å². The van der Waals surface area contributed by atoms with E-state index in [0.717, 1.165) is 15.9 Å². The van der Waals surface area contributed by atoms with Gasteiger partial charge in [0.25, 0.3) is 5.91 Å². The first kappa shape index (κ1) is 17.3. The predicted octanol–water partition coefficient (Wildman–Crippen LogP) is 4.32. The molecule has 25 heavy (non-hydrogen) atoms. The molecule has 0 bridgehead atoms. The summed E-state index contributed by atoms with van der Waals surface area (Å²) in [4.78, 5) is 20.8. The van der Waals surface area contributed by atoms with Gasteiger partial charge in [0.15, 0.2) is 11.0 Å². The van der Waals surface area contributed by atoms with Gasteiger partial charge in [0, 0.05) is 17.4 Å². The molecule has 1 aromatic carbocycles. The Morgan fingerprint density at radius 1 is 1.44 bits per heavy atom. The van der Waals surface area contributed by atoms with Crippen LogP contribution in [-0.4, -0.2) is 25.5 Å². The summed E-state index contributed by atoms with van der Waals surface area (Å²) < 4.78 is 26.7. The average molecular weight is 385 g/mol. The summed E-state index contributed by atoms with van der Waals surface area (Å²) in [6, 6.07) is 4.07. The van der Waals surface area contributed by atoms with Crippen LogP contribution < -0.4 is 5.32 Å². The van der Waals surface area contributed by atoms with Crippen molar-refractivity contribution in [1.29, 1.82) is 0 Å². The molecule has 0 fully saturated rings. The number of aryl methyl sites for hydroxylation is 1. The van der Waals surface area contributed by atoms with Gasteiger partial charge in [0.2, 0.25) is 0 Å². The van der Waals surface area contributed by atoms with E-state index in [1.807, 2.05) is 0 Å². The molecule has 0 spiro atoms. The summed E-state index contributed by atoms with van der Waals surface area (Å²) in [5, 5.41) is 12.8. The number of rotatable bonds is 4. The van der Waals surface area contributed by atoms with Gasteiger partial charge >= 0.3 is 6.55 Å². The highest BCUT2D eigenvalue weighted by Gasteiger charge is 2.20. The molecule has 3 aromatic rings. The lowest BCUT2D eigenvalue weighted by molar-refractivity contribution is 0.0720. The fraction of sp³-hybridized carbons (Fsp3) is 0.133. The van der Waals surface area contributed by atoms with E-state index in [1.165, 1.54) is 30.6 Å². The quantitative estimate of drug-likeness (QED) is 0.702. The number of halogens is 3. The molecule has 3 rings (SSSR count). The number of aromatic nitrogens is 3. The van der Waals surface area contributed by atoms with Crippen molar-refractivity contribution in [3.8, 4) is 16.5 Å². The number of phenols is 1. The Kier molecular flexibility index (Phi) is 4.69. The number of imidazole rings is 1. The highest BCUT2D eigenvalue weighted by molar-refractivity contribution is 7.19. The van der Waals surface area contributed by atoms with Crippen molar-refractivity contribution in [2.24, 2.45) is 0 Å². The van der Waals surface area contributed by atoms with Gasteiger partial charge in [0.1, 0.15) is 5.75 Å². The minimum Gasteiger partial charge on any atom is -0.507 e. The number of hydrogen-bond acceptors (Lipinski definition) is 5. The second-order valence-electron chi connectivity index (χ2n) is 4.98. The minimum atomic E-state index is -2.74. The van der Waals surface area contributed by atoms with E-state index < -0.39 is 12.5 Å². The number of thiazole rings is 1. The Morgan fingerprint density at radius 3 is 2.92 bits per heavy atom. The van der Waals surface area contributed by atoms with E-state index >= 15 is 0 Å².